The van der Waals surface area contributed by atoms with E-state index >= 15 is 0 Å². The summed E-state index contributed by atoms with van der Waals surface area (Å²) in [6.45, 7) is 3.89. The number of hydrogen-bond donors (Lipinski definition) is 2. The lowest BCUT2D eigenvalue weighted by Crippen LogP contribution is -2.23. The molecule has 1 aromatic rings. The van der Waals surface area contributed by atoms with E-state index in [4.69, 9.17) is 16.2 Å². The van der Waals surface area contributed by atoms with Crippen LogP contribution in [0.4, 0.5) is 0 Å². The topological polar surface area (TPSA) is 78.3 Å². The molecular weight excluding hydrogens is 216 g/mol. The largest absolute Gasteiger partial charge is 0.483 e. The lowest BCUT2D eigenvalue weighted by molar-refractivity contribution is -0.119. The fourth-order valence-electron chi connectivity index (χ4n) is 1.65. The van der Waals surface area contributed by atoms with Crippen LogP contribution in [0.5, 0.6) is 5.75 Å². The standard InChI is InChI=1S/C13H20N2O2/c1-3-11(14)7-10-6-4-5-9(2)13(10)17-8-12(15)16/h4-6,11H,3,7-8,14H2,1-2H3,(H2,15,16). The van der Waals surface area contributed by atoms with Gasteiger partial charge in [-0.3, -0.25) is 4.79 Å². The monoisotopic (exact) mass is 236 g/mol. The molecule has 0 aromatic heterocycles. The number of amides is 1. The van der Waals surface area contributed by atoms with E-state index in [2.05, 4.69) is 0 Å². The summed E-state index contributed by atoms with van der Waals surface area (Å²) in [4.78, 5) is 10.7. The Kier molecular flexibility index (Phi) is 4.97. The Hall–Kier alpha value is -1.55. The van der Waals surface area contributed by atoms with Crippen molar-refractivity contribution in [2.75, 3.05) is 6.61 Å². The van der Waals surface area contributed by atoms with Crippen LogP contribution in [0.1, 0.15) is 24.5 Å². The molecule has 1 aromatic carbocycles. The molecule has 0 aliphatic carbocycles. The molecule has 1 atom stereocenters. The third-order valence-corrected chi connectivity index (χ3v) is 2.66. The van der Waals surface area contributed by atoms with E-state index in [9.17, 15) is 4.79 Å². The minimum absolute atomic E-state index is 0.0980. The van der Waals surface area contributed by atoms with Crippen molar-refractivity contribution in [2.24, 2.45) is 11.5 Å². The third-order valence-electron chi connectivity index (χ3n) is 2.66. The third kappa shape index (κ3) is 4.07. The van der Waals surface area contributed by atoms with Gasteiger partial charge in [0.25, 0.3) is 5.91 Å². The Morgan fingerprint density at radius 2 is 2.18 bits per heavy atom. The van der Waals surface area contributed by atoms with Crippen LogP contribution in [-0.2, 0) is 11.2 Å². The van der Waals surface area contributed by atoms with Crippen LogP contribution in [-0.4, -0.2) is 18.6 Å². The van der Waals surface area contributed by atoms with Gasteiger partial charge in [-0.05, 0) is 30.9 Å². The number of aryl methyl sites for hydroxylation is 1. The summed E-state index contributed by atoms with van der Waals surface area (Å²) in [5, 5.41) is 0. The minimum atomic E-state index is -0.473. The molecule has 4 nitrogen and oxygen atoms in total. The van der Waals surface area contributed by atoms with Crippen molar-refractivity contribution in [1.29, 1.82) is 0 Å². The maximum Gasteiger partial charge on any atom is 0.255 e. The molecule has 1 amide bonds. The van der Waals surface area contributed by atoms with Gasteiger partial charge in [0, 0.05) is 6.04 Å². The normalized spacial score (nSPS) is 12.2. The van der Waals surface area contributed by atoms with E-state index in [0.717, 1.165) is 29.7 Å². The average Bonchev–Trinajstić information content (AvgIpc) is 2.27. The molecule has 0 saturated carbocycles. The van der Waals surface area contributed by atoms with E-state index in [1.54, 1.807) is 0 Å². The van der Waals surface area contributed by atoms with Crippen molar-refractivity contribution in [1.82, 2.24) is 0 Å². The van der Waals surface area contributed by atoms with Crippen LogP contribution in [0, 0.1) is 6.92 Å². The van der Waals surface area contributed by atoms with E-state index < -0.39 is 5.91 Å². The Morgan fingerprint density at radius 1 is 1.47 bits per heavy atom. The highest BCUT2D eigenvalue weighted by atomic mass is 16.5. The second-order valence-corrected chi connectivity index (χ2v) is 4.19. The Bertz CT molecular complexity index is 391. The van der Waals surface area contributed by atoms with Crippen molar-refractivity contribution in [3.05, 3.63) is 29.3 Å². The van der Waals surface area contributed by atoms with Crippen molar-refractivity contribution in [3.8, 4) is 5.75 Å². The summed E-state index contributed by atoms with van der Waals surface area (Å²) in [6.07, 6.45) is 1.65. The van der Waals surface area contributed by atoms with Crippen molar-refractivity contribution in [3.63, 3.8) is 0 Å². The summed E-state index contributed by atoms with van der Waals surface area (Å²) in [5.74, 6) is 0.259. The summed E-state index contributed by atoms with van der Waals surface area (Å²) in [6, 6.07) is 5.98. The van der Waals surface area contributed by atoms with Crippen molar-refractivity contribution >= 4 is 5.91 Å². The van der Waals surface area contributed by atoms with Crippen LogP contribution < -0.4 is 16.2 Å². The minimum Gasteiger partial charge on any atom is -0.483 e. The van der Waals surface area contributed by atoms with Gasteiger partial charge in [0.1, 0.15) is 5.75 Å². The van der Waals surface area contributed by atoms with Gasteiger partial charge in [-0.15, -0.1) is 0 Å². The molecule has 0 aliphatic heterocycles. The predicted molar refractivity (Wildman–Crippen MR) is 67.8 cm³/mol. The van der Waals surface area contributed by atoms with Crippen LogP contribution in [0.3, 0.4) is 0 Å². The van der Waals surface area contributed by atoms with Gasteiger partial charge < -0.3 is 16.2 Å². The van der Waals surface area contributed by atoms with Crippen molar-refractivity contribution < 1.29 is 9.53 Å². The zero-order valence-corrected chi connectivity index (χ0v) is 10.4. The summed E-state index contributed by atoms with van der Waals surface area (Å²) < 4.78 is 5.44. The number of carbonyl (C=O) groups excluding carboxylic acids is 1. The predicted octanol–water partition coefficient (Wildman–Crippen LogP) is 1.14. The SMILES string of the molecule is CCC(N)Cc1cccc(C)c1OCC(N)=O. The first-order valence-electron chi connectivity index (χ1n) is 5.79. The smallest absolute Gasteiger partial charge is 0.255 e. The highest BCUT2D eigenvalue weighted by Gasteiger charge is 2.10. The van der Waals surface area contributed by atoms with Gasteiger partial charge in [0.2, 0.25) is 0 Å². The molecule has 0 fully saturated rings. The second-order valence-electron chi connectivity index (χ2n) is 4.19. The Morgan fingerprint density at radius 3 is 2.76 bits per heavy atom. The van der Waals surface area contributed by atoms with Crippen LogP contribution >= 0.6 is 0 Å². The number of ether oxygens (including phenoxy) is 1. The number of nitrogens with two attached hydrogens (primary N) is 2. The van der Waals surface area contributed by atoms with Crippen molar-refractivity contribution in [2.45, 2.75) is 32.7 Å². The average molecular weight is 236 g/mol. The fourth-order valence-corrected chi connectivity index (χ4v) is 1.65. The first-order valence-corrected chi connectivity index (χ1v) is 5.79. The van der Waals surface area contributed by atoms with E-state index in [0.29, 0.717) is 0 Å². The van der Waals surface area contributed by atoms with E-state index in [1.807, 2.05) is 32.0 Å². The maximum absolute atomic E-state index is 10.7. The molecule has 0 saturated heterocycles. The molecule has 0 spiro atoms. The molecule has 1 unspecified atom stereocenters. The van der Waals surface area contributed by atoms with E-state index in [1.165, 1.54) is 0 Å². The van der Waals surface area contributed by atoms with E-state index in [-0.39, 0.29) is 12.6 Å². The quantitative estimate of drug-likeness (QED) is 0.777. The van der Waals surface area contributed by atoms with Gasteiger partial charge in [0.15, 0.2) is 6.61 Å². The molecule has 0 radical (unpaired) electrons. The number of primary amides is 1. The number of carbonyl (C=O) groups is 1. The molecule has 0 bridgehead atoms. The van der Waals surface area contributed by atoms with Gasteiger partial charge in [-0.2, -0.15) is 0 Å². The molecule has 17 heavy (non-hydrogen) atoms. The van der Waals surface area contributed by atoms with Gasteiger partial charge >= 0.3 is 0 Å². The van der Waals surface area contributed by atoms with Crippen LogP contribution in [0.2, 0.25) is 0 Å². The molecule has 0 aliphatic rings. The zero-order valence-electron chi connectivity index (χ0n) is 10.4. The molecule has 4 heteroatoms. The molecule has 1 rings (SSSR count). The fraction of sp³-hybridized carbons (Fsp3) is 0.462. The van der Waals surface area contributed by atoms with Gasteiger partial charge in [0.05, 0.1) is 0 Å². The van der Waals surface area contributed by atoms with Gasteiger partial charge in [-0.1, -0.05) is 25.1 Å². The Balaban J connectivity index is 2.87. The van der Waals surface area contributed by atoms with Gasteiger partial charge in [-0.25, -0.2) is 0 Å². The molecule has 94 valence electrons. The molecule has 4 N–H and O–H groups in total. The number of rotatable bonds is 6. The van der Waals surface area contributed by atoms with Crippen LogP contribution in [0.25, 0.3) is 0 Å². The number of benzene rings is 1. The first-order chi connectivity index (χ1) is 8.04. The first kappa shape index (κ1) is 13.5. The number of hydrogen-bond acceptors (Lipinski definition) is 3. The summed E-state index contributed by atoms with van der Waals surface area (Å²) in [7, 11) is 0. The van der Waals surface area contributed by atoms with Crippen LogP contribution in [0.15, 0.2) is 18.2 Å². The highest BCUT2D eigenvalue weighted by Crippen LogP contribution is 2.24. The summed E-state index contributed by atoms with van der Waals surface area (Å²) in [5.41, 5.74) is 13.0. The molecular formula is C13H20N2O2. The highest BCUT2D eigenvalue weighted by molar-refractivity contribution is 5.75. The zero-order chi connectivity index (χ0) is 12.8. The second kappa shape index (κ2) is 6.25. The number of para-hydroxylation sites is 1. The Labute approximate surface area is 102 Å². The molecule has 0 heterocycles. The lowest BCUT2D eigenvalue weighted by Gasteiger charge is -2.15. The lowest BCUT2D eigenvalue weighted by atomic mass is 10.0. The maximum atomic E-state index is 10.7. The summed E-state index contributed by atoms with van der Waals surface area (Å²) >= 11 is 0.